The average Bonchev–Trinajstić information content (AvgIpc) is 3.56. The van der Waals surface area contributed by atoms with Gasteiger partial charge in [0.05, 0.1) is 24.2 Å². The van der Waals surface area contributed by atoms with Gasteiger partial charge in [-0.1, -0.05) is 69.3 Å². The summed E-state index contributed by atoms with van der Waals surface area (Å²) in [4.78, 5) is 45.6. The number of fused-ring (bicyclic) bond motifs is 1. The van der Waals surface area contributed by atoms with Crippen LogP contribution in [-0.2, 0) is 30.3 Å². The molecule has 2 bridgehead atoms. The second-order valence-corrected chi connectivity index (χ2v) is 11.0. The van der Waals surface area contributed by atoms with E-state index in [0.29, 0.717) is 38.8 Å². The maximum absolute atomic E-state index is 14.4. The number of benzene rings is 1. The second kappa shape index (κ2) is 12.0. The van der Waals surface area contributed by atoms with Crippen LogP contribution in [0.4, 0.5) is 0 Å². The fraction of sp³-hybridized carbons (Fsp3) is 0.581. The van der Waals surface area contributed by atoms with E-state index in [-0.39, 0.29) is 25.0 Å². The van der Waals surface area contributed by atoms with Crippen molar-refractivity contribution in [3.05, 3.63) is 61.2 Å². The molecule has 1 spiro atoms. The van der Waals surface area contributed by atoms with E-state index in [1.54, 1.807) is 15.9 Å². The van der Waals surface area contributed by atoms with Crippen LogP contribution in [0.1, 0.15) is 51.5 Å². The molecule has 0 radical (unpaired) electrons. The van der Waals surface area contributed by atoms with Crippen LogP contribution in [0.5, 0.6) is 0 Å². The number of aliphatic hydroxyl groups is 1. The summed E-state index contributed by atoms with van der Waals surface area (Å²) in [6.45, 7) is 12.1. The van der Waals surface area contributed by atoms with E-state index in [1.807, 2.05) is 37.3 Å². The number of ether oxygens (including phenoxy) is 2. The van der Waals surface area contributed by atoms with Gasteiger partial charge >= 0.3 is 5.97 Å². The monoisotopic (exact) mass is 538 g/mol. The molecule has 8 heteroatoms. The smallest absolute Gasteiger partial charge is 0.313 e. The Kier molecular flexibility index (Phi) is 8.96. The lowest BCUT2D eigenvalue weighted by Crippen LogP contribution is -2.59. The van der Waals surface area contributed by atoms with Crippen LogP contribution in [-0.4, -0.2) is 82.3 Å². The van der Waals surface area contributed by atoms with Crippen molar-refractivity contribution < 1.29 is 29.0 Å². The van der Waals surface area contributed by atoms with Crippen LogP contribution >= 0.6 is 0 Å². The molecule has 2 amide bonds. The summed E-state index contributed by atoms with van der Waals surface area (Å²) in [7, 11) is 0. The molecule has 2 unspecified atom stereocenters. The van der Waals surface area contributed by atoms with Crippen molar-refractivity contribution in [3.8, 4) is 0 Å². The summed E-state index contributed by atoms with van der Waals surface area (Å²) in [6.07, 6.45) is 6.82. The Labute approximate surface area is 231 Å². The number of nitrogens with zero attached hydrogens (tertiary/aromatic N) is 2. The first-order valence-corrected chi connectivity index (χ1v) is 14.2. The summed E-state index contributed by atoms with van der Waals surface area (Å²) in [6, 6.07) is 7.98. The van der Waals surface area contributed by atoms with E-state index in [0.717, 1.165) is 18.4 Å². The molecule has 3 heterocycles. The van der Waals surface area contributed by atoms with Gasteiger partial charge in [0, 0.05) is 13.1 Å². The average molecular weight is 539 g/mol. The number of unbranched alkanes of at least 4 members (excludes halogenated alkanes) is 1. The minimum absolute atomic E-state index is 0.0342. The molecular formula is C31H42N2O6. The van der Waals surface area contributed by atoms with Crippen molar-refractivity contribution in [2.75, 3.05) is 26.3 Å². The van der Waals surface area contributed by atoms with E-state index in [2.05, 4.69) is 20.1 Å². The molecule has 3 fully saturated rings. The highest BCUT2D eigenvalue weighted by molar-refractivity contribution is 5.98. The zero-order valence-corrected chi connectivity index (χ0v) is 23.2. The zero-order chi connectivity index (χ0) is 28.2. The SMILES string of the molecule is C=CCOC(=O)[C@H]1[C@H]2C(=O)N([C@@H](CO)Cc3ccccc3)C(C(=O)N(CC=C)CCCC)C23CC[C@]1(CC)O3. The predicted octanol–water partition coefficient (Wildman–Crippen LogP) is 3.29. The Morgan fingerprint density at radius 3 is 2.59 bits per heavy atom. The molecule has 212 valence electrons. The molecule has 0 aromatic heterocycles. The Balaban J connectivity index is 1.81. The maximum atomic E-state index is 14.4. The van der Waals surface area contributed by atoms with Crippen LogP contribution in [0.3, 0.4) is 0 Å². The Hall–Kier alpha value is -2.97. The lowest BCUT2D eigenvalue weighted by molar-refractivity contribution is -0.162. The van der Waals surface area contributed by atoms with Crippen molar-refractivity contribution in [1.82, 2.24) is 9.80 Å². The third-order valence-corrected chi connectivity index (χ3v) is 8.81. The number of rotatable bonds is 14. The van der Waals surface area contributed by atoms with E-state index >= 15 is 0 Å². The molecule has 6 atom stereocenters. The largest absolute Gasteiger partial charge is 0.461 e. The summed E-state index contributed by atoms with van der Waals surface area (Å²) < 4.78 is 12.3. The fourth-order valence-corrected chi connectivity index (χ4v) is 7.02. The van der Waals surface area contributed by atoms with Gasteiger partial charge in [0.15, 0.2) is 0 Å². The number of likely N-dealkylation sites (tertiary alicyclic amines) is 1. The number of carbonyl (C=O) groups excluding carboxylic acids is 3. The Bertz CT molecular complexity index is 1080. The molecule has 1 aromatic carbocycles. The zero-order valence-electron chi connectivity index (χ0n) is 23.2. The normalized spacial score (nSPS) is 29.7. The molecular weight excluding hydrogens is 496 g/mol. The van der Waals surface area contributed by atoms with Gasteiger partial charge in [-0.2, -0.15) is 0 Å². The quantitative estimate of drug-likeness (QED) is 0.289. The predicted molar refractivity (Wildman–Crippen MR) is 148 cm³/mol. The first-order chi connectivity index (χ1) is 18.8. The highest BCUT2D eigenvalue weighted by Gasteiger charge is 2.79. The third kappa shape index (κ3) is 4.93. The minimum atomic E-state index is -1.17. The lowest BCUT2D eigenvalue weighted by atomic mass is 9.65. The first-order valence-electron chi connectivity index (χ1n) is 14.2. The van der Waals surface area contributed by atoms with Crippen LogP contribution in [0.2, 0.25) is 0 Å². The molecule has 3 aliphatic heterocycles. The lowest BCUT2D eigenvalue weighted by Gasteiger charge is -2.39. The summed E-state index contributed by atoms with van der Waals surface area (Å²) in [5.74, 6) is -2.74. The van der Waals surface area contributed by atoms with E-state index < -0.39 is 41.1 Å². The number of esters is 1. The van der Waals surface area contributed by atoms with Crippen LogP contribution in [0, 0.1) is 11.8 Å². The molecule has 1 aromatic rings. The van der Waals surface area contributed by atoms with Crippen LogP contribution < -0.4 is 0 Å². The van der Waals surface area contributed by atoms with E-state index in [9.17, 15) is 19.5 Å². The van der Waals surface area contributed by atoms with Gasteiger partial charge in [-0.05, 0) is 37.7 Å². The number of aliphatic hydroxyl groups excluding tert-OH is 1. The van der Waals surface area contributed by atoms with Crippen molar-refractivity contribution in [2.24, 2.45) is 11.8 Å². The van der Waals surface area contributed by atoms with Crippen molar-refractivity contribution in [2.45, 2.75) is 75.7 Å². The van der Waals surface area contributed by atoms with Crippen molar-refractivity contribution >= 4 is 17.8 Å². The van der Waals surface area contributed by atoms with Gasteiger partial charge in [-0.15, -0.1) is 6.58 Å². The summed E-state index contributed by atoms with van der Waals surface area (Å²) in [5.41, 5.74) is -1.10. The fourth-order valence-electron chi connectivity index (χ4n) is 7.02. The number of hydrogen-bond donors (Lipinski definition) is 1. The van der Waals surface area contributed by atoms with Crippen molar-refractivity contribution in [1.29, 1.82) is 0 Å². The number of hydrogen-bond acceptors (Lipinski definition) is 6. The molecule has 3 aliphatic rings. The highest BCUT2D eigenvalue weighted by atomic mass is 16.6. The molecule has 4 rings (SSSR count). The van der Waals surface area contributed by atoms with Gasteiger partial charge in [-0.25, -0.2) is 0 Å². The number of carbonyl (C=O) groups is 3. The summed E-state index contributed by atoms with van der Waals surface area (Å²) >= 11 is 0. The standard InChI is InChI=1S/C31H42N2O6/c1-5-9-18-32(17-6-2)28(36)26-31-16-15-30(8-4,39-31)25(29(37)38-19-7-3)24(31)27(35)33(26)23(21-34)20-22-13-11-10-12-14-22/h6-7,10-14,23-26,34H,2-3,5,8-9,15-21H2,1,4H3/t23-,24+,25-,26?,30+,31?/m1/s1. The van der Waals surface area contributed by atoms with Gasteiger partial charge in [0.2, 0.25) is 11.8 Å². The molecule has 0 aliphatic carbocycles. The van der Waals surface area contributed by atoms with Crippen LogP contribution in [0.25, 0.3) is 0 Å². The molecule has 39 heavy (non-hydrogen) atoms. The topological polar surface area (TPSA) is 96.4 Å². The first kappa shape index (κ1) is 29.0. The van der Waals surface area contributed by atoms with Crippen LogP contribution in [0.15, 0.2) is 55.6 Å². The third-order valence-electron chi connectivity index (χ3n) is 8.81. The van der Waals surface area contributed by atoms with Gasteiger partial charge in [0.25, 0.3) is 0 Å². The van der Waals surface area contributed by atoms with Crippen molar-refractivity contribution in [3.63, 3.8) is 0 Å². The molecule has 3 saturated heterocycles. The molecule has 0 saturated carbocycles. The van der Waals surface area contributed by atoms with Gasteiger partial charge in [0.1, 0.15) is 24.2 Å². The highest BCUT2D eigenvalue weighted by Crippen LogP contribution is 2.64. The maximum Gasteiger partial charge on any atom is 0.313 e. The summed E-state index contributed by atoms with van der Waals surface area (Å²) in [5, 5.41) is 10.6. The second-order valence-electron chi connectivity index (χ2n) is 11.0. The van der Waals surface area contributed by atoms with Gasteiger partial charge < -0.3 is 24.4 Å². The van der Waals surface area contributed by atoms with E-state index in [4.69, 9.17) is 9.47 Å². The van der Waals surface area contributed by atoms with Gasteiger partial charge in [-0.3, -0.25) is 14.4 Å². The number of amides is 2. The molecule has 1 N–H and O–H groups in total. The minimum Gasteiger partial charge on any atom is -0.461 e. The Morgan fingerprint density at radius 2 is 1.97 bits per heavy atom. The Morgan fingerprint density at radius 1 is 1.23 bits per heavy atom. The van der Waals surface area contributed by atoms with E-state index in [1.165, 1.54) is 6.08 Å². The molecule has 8 nitrogen and oxygen atoms in total.